The van der Waals surface area contributed by atoms with Crippen LogP contribution in [0.2, 0.25) is 0 Å². The number of carbonyl (C=O) groups excluding carboxylic acids is 1. The first-order valence-electron chi connectivity index (χ1n) is 5.48. The van der Waals surface area contributed by atoms with Crippen molar-refractivity contribution in [3.8, 4) is 0 Å². The molecule has 0 bridgehead atoms. The number of rotatable bonds is 2. The predicted molar refractivity (Wildman–Crippen MR) is 66.9 cm³/mol. The highest BCUT2D eigenvalue weighted by atomic mass is 32.2. The Hall–Kier alpha value is 0.130. The van der Waals surface area contributed by atoms with Gasteiger partial charge in [0.15, 0.2) is 0 Å². The summed E-state index contributed by atoms with van der Waals surface area (Å²) in [5.74, 6) is 0.250. The molecule has 1 spiro atoms. The molecular weight excluding hydrogens is 228 g/mol. The summed E-state index contributed by atoms with van der Waals surface area (Å²) in [7, 11) is 0. The molecule has 1 unspecified atom stereocenters. The monoisotopic (exact) mass is 246 g/mol. The molecule has 2 saturated heterocycles. The molecule has 0 aromatic rings. The van der Waals surface area contributed by atoms with E-state index in [9.17, 15) is 4.79 Å². The number of hydrogen-bond donors (Lipinski definition) is 1. The van der Waals surface area contributed by atoms with Crippen molar-refractivity contribution in [1.82, 2.24) is 9.62 Å². The van der Waals surface area contributed by atoms with Crippen LogP contribution in [0.4, 0.5) is 0 Å². The van der Waals surface area contributed by atoms with Crippen LogP contribution in [0.15, 0.2) is 0 Å². The fraction of sp³-hybridized carbons (Fsp3) is 0.900. The molecule has 2 aliphatic heterocycles. The third-order valence-electron chi connectivity index (χ3n) is 3.17. The zero-order valence-corrected chi connectivity index (χ0v) is 10.9. The summed E-state index contributed by atoms with van der Waals surface area (Å²) in [6, 6.07) is 0. The SMILES string of the molecule is CCC1SC2(CCN(SC)CC2)NC1=O. The van der Waals surface area contributed by atoms with Crippen LogP contribution in [0.5, 0.6) is 0 Å². The van der Waals surface area contributed by atoms with Crippen LogP contribution in [-0.2, 0) is 4.79 Å². The van der Waals surface area contributed by atoms with Gasteiger partial charge in [-0.05, 0) is 25.5 Å². The van der Waals surface area contributed by atoms with Gasteiger partial charge in [0.05, 0.1) is 10.1 Å². The summed E-state index contributed by atoms with van der Waals surface area (Å²) >= 11 is 3.66. The van der Waals surface area contributed by atoms with E-state index in [1.54, 1.807) is 11.9 Å². The highest BCUT2D eigenvalue weighted by molar-refractivity contribution is 8.02. The molecular formula is C10H18N2OS2. The molecule has 2 heterocycles. The summed E-state index contributed by atoms with van der Waals surface area (Å²) in [6.07, 6.45) is 5.24. The van der Waals surface area contributed by atoms with Gasteiger partial charge in [0.2, 0.25) is 5.91 Å². The van der Waals surface area contributed by atoms with E-state index < -0.39 is 0 Å². The smallest absolute Gasteiger partial charge is 0.234 e. The van der Waals surface area contributed by atoms with Crippen LogP contribution in [-0.4, -0.2) is 39.7 Å². The summed E-state index contributed by atoms with van der Waals surface area (Å²) in [6.45, 7) is 4.27. The van der Waals surface area contributed by atoms with E-state index in [1.807, 2.05) is 11.8 Å². The van der Waals surface area contributed by atoms with E-state index in [1.165, 1.54) is 0 Å². The molecule has 1 atom stereocenters. The third-order valence-corrected chi connectivity index (χ3v) is 5.85. The maximum absolute atomic E-state index is 11.7. The van der Waals surface area contributed by atoms with E-state index in [2.05, 4.69) is 22.8 Å². The lowest BCUT2D eigenvalue weighted by atomic mass is 10.1. The minimum absolute atomic E-state index is 0.0595. The Morgan fingerprint density at radius 2 is 2.27 bits per heavy atom. The molecule has 2 rings (SSSR count). The van der Waals surface area contributed by atoms with Crippen LogP contribution in [0.25, 0.3) is 0 Å². The molecule has 3 nitrogen and oxygen atoms in total. The van der Waals surface area contributed by atoms with Gasteiger partial charge in [-0.1, -0.05) is 18.9 Å². The predicted octanol–water partition coefficient (Wildman–Crippen LogP) is 1.70. The van der Waals surface area contributed by atoms with E-state index in [4.69, 9.17) is 0 Å². The van der Waals surface area contributed by atoms with Crippen molar-refractivity contribution >= 4 is 29.6 Å². The quantitative estimate of drug-likeness (QED) is 0.752. The number of nitrogens with zero attached hydrogens (tertiary/aromatic N) is 1. The fourth-order valence-electron chi connectivity index (χ4n) is 2.20. The molecule has 0 radical (unpaired) electrons. The van der Waals surface area contributed by atoms with Crippen molar-refractivity contribution in [3.05, 3.63) is 0 Å². The molecule has 0 aromatic heterocycles. The zero-order chi connectivity index (χ0) is 10.9. The van der Waals surface area contributed by atoms with E-state index in [0.29, 0.717) is 0 Å². The number of hydrogen-bond acceptors (Lipinski definition) is 4. The van der Waals surface area contributed by atoms with Gasteiger partial charge in [-0.2, -0.15) is 0 Å². The molecule has 2 aliphatic rings. The average molecular weight is 246 g/mol. The van der Waals surface area contributed by atoms with Gasteiger partial charge in [-0.25, -0.2) is 0 Å². The summed E-state index contributed by atoms with van der Waals surface area (Å²) in [5, 5.41) is 3.39. The first-order chi connectivity index (χ1) is 7.19. The molecule has 5 heteroatoms. The van der Waals surface area contributed by atoms with Crippen LogP contribution in [0.1, 0.15) is 26.2 Å². The van der Waals surface area contributed by atoms with Gasteiger partial charge in [-0.15, -0.1) is 11.8 Å². The van der Waals surface area contributed by atoms with Crippen molar-refractivity contribution < 1.29 is 4.79 Å². The number of thioether (sulfide) groups is 1. The maximum Gasteiger partial charge on any atom is 0.234 e. The highest BCUT2D eigenvalue weighted by Crippen LogP contribution is 2.42. The van der Waals surface area contributed by atoms with E-state index in [0.717, 1.165) is 32.4 Å². The van der Waals surface area contributed by atoms with Gasteiger partial charge in [0.1, 0.15) is 0 Å². The number of nitrogens with one attached hydrogen (secondary N) is 1. The fourth-order valence-corrected chi connectivity index (χ4v) is 4.20. The standard InChI is InChI=1S/C10H18N2OS2/c1-3-8-9(13)11-10(15-8)4-6-12(14-2)7-5-10/h8H,3-7H2,1-2H3,(H,11,13). The Morgan fingerprint density at radius 3 is 2.73 bits per heavy atom. The third kappa shape index (κ3) is 2.29. The molecule has 1 N–H and O–H groups in total. The normalized spacial score (nSPS) is 30.8. The lowest BCUT2D eigenvalue weighted by Gasteiger charge is -2.37. The van der Waals surface area contributed by atoms with Gasteiger partial charge in [-0.3, -0.25) is 9.10 Å². The number of piperidine rings is 1. The largest absolute Gasteiger partial charge is 0.341 e. The van der Waals surface area contributed by atoms with Crippen molar-refractivity contribution in [2.24, 2.45) is 0 Å². The van der Waals surface area contributed by atoms with Gasteiger partial charge < -0.3 is 5.32 Å². The minimum atomic E-state index is 0.0595. The van der Waals surface area contributed by atoms with Gasteiger partial charge in [0.25, 0.3) is 0 Å². The van der Waals surface area contributed by atoms with Crippen LogP contribution < -0.4 is 5.32 Å². The molecule has 0 saturated carbocycles. The first kappa shape index (κ1) is 11.6. The lowest BCUT2D eigenvalue weighted by molar-refractivity contribution is -0.120. The van der Waals surface area contributed by atoms with E-state index in [-0.39, 0.29) is 16.0 Å². The van der Waals surface area contributed by atoms with Gasteiger partial charge >= 0.3 is 0 Å². The summed E-state index contributed by atoms with van der Waals surface area (Å²) in [4.78, 5) is 11.7. The Balaban J connectivity index is 1.97. The minimum Gasteiger partial charge on any atom is -0.341 e. The van der Waals surface area contributed by atoms with Crippen LogP contribution >= 0.6 is 23.7 Å². The van der Waals surface area contributed by atoms with Crippen molar-refractivity contribution in [2.45, 2.75) is 36.3 Å². The van der Waals surface area contributed by atoms with Crippen molar-refractivity contribution in [2.75, 3.05) is 19.3 Å². The number of amides is 1. The summed E-state index contributed by atoms with van der Waals surface area (Å²) < 4.78 is 2.37. The second kappa shape index (κ2) is 4.55. The number of carbonyl (C=O) groups is 1. The molecule has 1 amide bonds. The Labute approximate surface area is 99.9 Å². The molecule has 0 aromatic carbocycles. The second-order valence-corrected chi connectivity index (χ2v) is 6.58. The van der Waals surface area contributed by atoms with Gasteiger partial charge in [0, 0.05) is 13.1 Å². The molecule has 0 aliphatic carbocycles. The van der Waals surface area contributed by atoms with Crippen molar-refractivity contribution in [1.29, 1.82) is 0 Å². The topological polar surface area (TPSA) is 32.3 Å². The lowest BCUT2D eigenvalue weighted by Crippen LogP contribution is -2.47. The molecule has 15 heavy (non-hydrogen) atoms. The first-order valence-corrected chi connectivity index (χ1v) is 7.54. The second-order valence-electron chi connectivity index (χ2n) is 4.11. The highest BCUT2D eigenvalue weighted by Gasteiger charge is 2.45. The average Bonchev–Trinajstić information content (AvgIpc) is 2.56. The molecule has 86 valence electrons. The molecule has 2 fully saturated rings. The Morgan fingerprint density at radius 1 is 1.60 bits per heavy atom. The van der Waals surface area contributed by atoms with E-state index >= 15 is 0 Å². The Bertz CT molecular complexity index is 252. The zero-order valence-electron chi connectivity index (χ0n) is 9.28. The van der Waals surface area contributed by atoms with Crippen LogP contribution in [0.3, 0.4) is 0 Å². The van der Waals surface area contributed by atoms with Crippen LogP contribution in [0, 0.1) is 0 Å². The maximum atomic E-state index is 11.7. The van der Waals surface area contributed by atoms with Crippen molar-refractivity contribution in [3.63, 3.8) is 0 Å². The Kier molecular flexibility index (Phi) is 3.52. The summed E-state index contributed by atoms with van der Waals surface area (Å²) in [5.41, 5.74) is 0.